The van der Waals surface area contributed by atoms with Gasteiger partial charge in [-0.05, 0) is 45.4 Å². The number of benzene rings is 1. The molecule has 1 aromatic carbocycles. The molecule has 1 unspecified atom stereocenters. The number of carbonyl (C=O) groups is 1. The van der Waals surface area contributed by atoms with Crippen molar-refractivity contribution in [2.45, 2.75) is 46.3 Å². The molecule has 0 aliphatic carbocycles. The Hall–Kier alpha value is -2.50. The summed E-state index contributed by atoms with van der Waals surface area (Å²) in [6, 6.07) is 7.15. The molecule has 0 aliphatic rings. The average Bonchev–Trinajstić information content (AvgIpc) is 3.02. The number of anilines is 1. The molecule has 0 radical (unpaired) electrons. The van der Waals surface area contributed by atoms with Gasteiger partial charge in [-0.3, -0.25) is 4.79 Å². The number of methoxy groups -OCH3 is 1. The summed E-state index contributed by atoms with van der Waals surface area (Å²) in [7, 11) is 1.56. The summed E-state index contributed by atoms with van der Waals surface area (Å²) in [6.45, 7) is 8.02. The second-order valence-corrected chi connectivity index (χ2v) is 5.90. The third kappa shape index (κ3) is 4.07. The van der Waals surface area contributed by atoms with Gasteiger partial charge in [-0.25, -0.2) is 4.68 Å². The Bertz CT molecular complexity index is 695. The molecule has 0 saturated heterocycles. The van der Waals surface area contributed by atoms with Gasteiger partial charge in [0.25, 0.3) is 5.91 Å². The molecule has 6 heteroatoms. The van der Waals surface area contributed by atoms with Crippen molar-refractivity contribution in [2.75, 3.05) is 12.4 Å². The van der Waals surface area contributed by atoms with Gasteiger partial charge >= 0.3 is 0 Å². The third-order valence-corrected chi connectivity index (χ3v) is 3.71. The molecule has 130 valence electrons. The van der Waals surface area contributed by atoms with Crippen LogP contribution in [0.2, 0.25) is 0 Å². The fourth-order valence-electron chi connectivity index (χ4n) is 2.29. The fraction of sp³-hybridized carbons (Fsp3) is 0.444. The van der Waals surface area contributed by atoms with Crippen LogP contribution in [0.15, 0.2) is 30.5 Å². The van der Waals surface area contributed by atoms with Gasteiger partial charge in [0.05, 0.1) is 25.5 Å². The second-order valence-electron chi connectivity index (χ2n) is 5.90. The average molecular weight is 331 g/mol. The smallest absolute Gasteiger partial charge is 0.256 e. The summed E-state index contributed by atoms with van der Waals surface area (Å²) in [5, 5.41) is 7.17. The highest BCUT2D eigenvalue weighted by Crippen LogP contribution is 2.29. The standard InChI is InChI=1S/C18H25N3O3/c1-6-13(4)21-17(9-10-19-21)20-18(22)14-7-8-15(24-12(2)3)16(11-14)23-5/h7-13H,6H2,1-5H3,(H,20,22). The van der Waals surface area contributed by atoms with Crippen LogP contribution in [-0.2, 0) is 0 Å². The summed E-state index contributed by atoms with van der Waals surface area (Å²) in [4.78, 5) is 12.5. The molecular weight excluding hydrogens is 306 g/mol. The van der Waals surface area contributed by atoms with Gasteiger partial charge in [-0.1, -0.05) is 6.92 Å². The minimum atomic E-state index is -0.213. The lowest BCUT2D eigenvalue weighted by molar-refractivity contribution is 0.102. The number of amides is 1. The molecule has 1 atom stereocenters. The van der Waals surface area contributed by atoms with Crippen LogP contribution in [0.25, 0.3) is 0 Å². The first-order chi connectivity index (χ1) is 11.5. The van der Waals surface area contributed by atoms with Gasteiger partial charge in [-0.2, -0.15) is 5.10 Å². The van der Waals surface area contributed by atoms with Gasteiger partial charge in [0, 0.05) is 11.6 Å². The normalized spacial score (nSPS) is 12.1. The molecule has 0 saturated carbocycles. The third-order valence-electron chi connectivity index (χ3n) is 3.71. The highest BCUT2D eigenvalue weighted by molar-refractivity contribution is 6.04. The molecule has 1 N–H and O–H groups in total. The molecule has 0 aliphatic heterocycles. The molecule has 0 spiro atoms. The monoisotopic (exact) mass is 331 g/mol. The summed E-state index contributed by atoms with van der Waals surface area (Å²) >= 11 is 0. The van der Waals surface area contributed by atoms with E-state index in [0.29, 0.717) is 22.9 Å². The van der Waals surface area contributed by atoms with Crippen molar-refractivity contribution < 1.29 is 14.3 Å². The van der Waals surface area contributed by atoms with Crippen LogP contribution in [0.4, 0.5) is 5.82 Å². The number of nitrogens with one attached hydrogen (secondary N) is 1. The predicted octanol–water partition coefficient (Wildman–Crippen LogP) is 3.90. The Morgan fingerprint density at radius 1 is 1.25 bits per heavy atom. The Labute approximate surface area is 142 Å². The van der Waals surface area contributed by atoms with Crippen LogP contribution >= 0.6 is 0 Å². The van der Waals surface area contributed by atoms with Gasteiger partial charge < -0.3 is 14.8 Å². The number of nitrogens with zero attached hydrogens (tertiary/aromatic N) is 2. The SMILES string of the molecule is CCC(C)n1nccc1NC(=O)c1ccc(OC(C)C)c(OC)c1. The van der Waals surface area contributed by atoms with Crippen LogP contribution in [0, 0.1) is 0 Å². The van der Waals surface area contributed by atoms with Gasteiger partial charge in [0.1, 0.15) is 5.82 Å². The topological polar surface area (TPSA) is 65.4 Å². The molecule has 1 aromatic heterocycles. The maximum atomic E-state index is 12.5. The number of rotatable bonds is 7. The Morgan fingerprint density at radius 3 is 2.62 bits per heavy atom. The molecular formula is C18H25N3O3. The molecule has 2 aromatic rings. The fourth-order valence-corrected chi connectivity index (χ4v) is 2.29. The van der Waals surface area contributed by atoms with E-state index in [4.69, 9.17) is 9.47 Å². The molecule has 24 heavy (non-hydrogen) atoms. The van der Waals surface area contributed by atoms with Crippen LogP contribution in [0.1, 0.15) is 50.5 Å². The van der Waals surface area contributed by atoms with Crippen molar-refractivity contribution in [3.8, 4) is 11.5 Å². The van der Waals surface area contributed by atoms with E-state index in [-0.39, 0.29) is 18.1 Å². The van der Waals surface area contributed by atoms with Crippen molar-refractivity contribution in [3.63, 3.8) is 0 Å². The number of hydrogen-bond donors (Lipinski definition) is 1. The summed E-state index contributed by atoms with van der Waals surface area (Å²) in [6.07, 6.45) is 2.64. The zero-order valence-corrected chi connectivity index (χ0v) is 14.9. The Morgan fingerprint density at radius 2 is 2.00 bits per heavy atom. The van der Waals surface area contributed by atoms with E-state index >= 15 is 0 Å². The lowest BCUT2D eigenvalue weighted by Gasteiger charge is -2.16. The summed E-state index contributed by atoms with van der Waals surface area (Å²) < 4.78 is 12.8. The van der Waals surface area contributed by atoms with E-state index in [1.165, 1.54) is 0 Å². The van der Waals surface area contributed by atoms with E-state index in [1.807, 2.05) is 18.5 Å². The first-order valence-electron chi connectivity index (χ1n) is 8.15. The van der Waals surface area contributed by atoms with Crippen molar-refractivity contribution in [3.05, 3.63) is 36.0 Å². The molecule has 1 heterocycles. The number of aromatic nitrogens is 2. The Kier molecular flexibility index (Phi) is 5.84. The van der Waals surface area contributed by atoms with Crippen LogP contribution < -0.4 is 14.8 Å². The minimum absolute atomic E-state index is 0.0310. The maximum absolute atomic E-state index is 12.5. The van der Waals surface area contributed by atoms with E-state index in [1.54, 1.807) is 37.6 Å². The lowest BCUT2D eigenvalue weighted by Crippen LogP contribution is -2.17. The largest absolute Gasteiger partial charge is 0.493 e. The highest BCUT2D eigenvalue weighted by atomic mass is 16.5. The van der Waals surface area contributed by atoms with Gasteiger partial charge in [0.15, 0.2) is 11.5 Å². The van der Waals surface area contributed by atoms with Crippen molar-refractivity contribution >= 4 is 11.7 Å². The van der Waals surface area contributed by atoms with Gasteiger partial charge in [-0.15, -0.1) is 0 Å². The molecule has 6 nitrogen and oxygen atoms in total. The van der Waals surface area contributed by atoms with Crippen molar-refractivity contribution in [1.82, 2.24) is 9.78 Å². The minimum Gasteiger partial charge on any atom is -0.493 e. The molecule has 0 bridgehead atoms. The second kappa shape index (κ2) is 7.86. The lowest BCUT2D eigenvalue weighted by atomic mass is 10.2. The quantitative estimate of drug-likeness (QED) is 0.835. The first kappa shape index (κ1) is 17.8. The first-order valence-corrected chi connectivity index (χ1v) is 8.15. The van der Waals surface area contributed by atoms with Crippen LogP contribution in [0.3, 0.4) is 0 Å². The predicted molar refractivity (Wildman–Crippen MR) is 93.9 cm³/mol. The molecule has 0 fully saturated rings. The van der Waals surface area contributed by atoms with Crippen LogP contribution in [-0.4, -0.2) is 28.9 Å². The van der Waals surface area contributed by atoms with E-state index < -0.39 is 0 Å². The summed E-state index contributed by atoms with van der Waals surface area (Å²) in [5.41, 5.74) is 0.500. The van der Waals surface area contributed by atoms with E-state index in [9.17, 15) is 4.79 Å². The highest BCUT2D eigenvalue weighted by Gasteiger charge is 2.15. The zero-order valence-electron chi connectivity index (χ0n) is 14.9. The number of ether oxygens (including phenoxy) is 2. The number of carbonyl (C=O) groups excluding carboxylic acids is 1. The van der Waals surface area contributed by atoms with E-state index in [2.05, 4.69) is 24.3 Å². The zero-order chi connectivity index (χ0) is 17.7. The Balaban J connectivity index is 2.20. The molecule has 1 amide bonds. The van der Waals surface area contributed by atoms with Crippen LogP contribution in [0.5, 0.6) is 11.5 Å². The number of hydrogen-bond acceptors (Lipinski definition) is 4. The van der Waals surface area contributed by atoms with Crippen molar-refractivity contribution in [1.29, 1.82) is 0 Å². The van der Waals surface area contributed by atoms with E-state index in [0.717, 1.165) is 6.42 Å². The molecule has 2 rings (SSSR count). The maximum Gasteiger partial charge on any atom is 0.256 e. The van der Waals surface area contributed by atoms with Gasteiger partial charge in [0.2, 0.25) is 0 Å². The summed E-state index contributed by atoms with van der Waals surface area (Å²) in [5.74, 6) is 1.62. The van der Waals surface area contributed by atoms with Crippen molar-refractivity contribution in [2.24, 2.45) is 0 Å².